The molecule has 0 aliphatic rings. The number of carbonyl (C=O) groups is 1. The summed E-state index contributed by atoms with van der Waals surface area (Å²) in [6, 6.07) is 1.99. The zero-order valence-corrected chi connectivity index (χ0v) is 11.5. The van der Waals surface area contributed by atoms with Gasteiger partial charge in [-0.25, -0.2) is 0 Å². The average molecular weight is 251 g/mol. The second kappa shape index (κ2) is 6.40. The maximum atomic E-state index is 11.6. The second-order valence-electron chi connectivity index (χ2n) is 4.39. The Morgan fingerprint density at radius 1 is 1.33 bits per heavy atom. The van der Waals surface area contributed by atoms with E-state index >= 15 is 0 Å². The number of ether oxygens (including phenoxy) is 1. The van der Waals surface area contributed by atoms with E-state index in [1.54, 1.807) is 7.11 Å². The second-order valence-corrected chi connectivity index (χ2v) is 4.39. The van der Waals surface area contributed by atoms with Gasteiger partial charge in [-0.3, -0.25) is 4.79 Å². The minimum absolute atomic E-state index is 0.0363. The van der Waals surface area contributed by atoms with Gasteiger partial charge in [-0.2, -0.15) is 0 Å². The zero-order chi connectivity index (χ0) is 13.7. The van der Waals surface area contributed by atoms with Crippen molar-refractivity contribution in [3.05, 3.63) is 28.3 Å². The molecule has 1 rings (SSSR count). The van der Waals surface area contributed by atoms with Crippen molar-refractivity contribution in [2.24, 2.45) is 0 Å². The number of aliphatic hydroxyl groups is 1. The van der Waals surface area contributed by atoms with Crippen LogP contribution >= 0.6 is 0 Å². The van der Waals surface area contributed by atoms with E-state index in [0.29, 0.717) is 13.0 Å². The van der Waals surface area contributed by atoms with Crippen molar-refractivity contribution >= 4 is 5.91 Å². The van der Waals surface area contributed by atoms with Crippen molar-refractivity contribution < 1.29 is 14.6 Å². The molecule has 0 bridgehead atoms. The summed E-state index contributed by atoms with van der Waals surface area (Å²) in [5, 5.41) is 11.3. The average Bonchev–Trinajstić information content (AvgIpc) is 2.33. The summed E-state index contributed by atoms with van der Waals surface area (Å²) >= 11 is 0. The van der Waals surface area contributed by atoms with Gasteiger partial charge in [0, 0.05) is 6.54 Å². The van der Waals surface area contributed by atoms with Crippen molar-refractivity contribution in [1.29, 1.82) is 0 Å². The number of aryl methyl sites for hydroxylation is 1. The van der Waals surface area contributed by atoms with Gasteiger partial charge in [0.1, 0.15) is 5.75 Å². The van der Waals surface area contributed by atoms with E-state index in [9.17, 15) is 4.79 Å². The fraction of sp³-hybridized carbons (Fsp3) is 0.500. The van der Waals surface area contributed by atoms with Crippen LogP contribution in [-0.2, 0) is 11.2 Å². The van der Waals surface area contributed by atoms with E-state index in [1.807, 2.05) is 26.8 Å². The molecule has 1 aromatic rings. The summed E-state index contributed by atoms with van der Waals surface area (Å²) in [7, 11) is 1.66. The summed E-state index contributed by atoms with van der Waals surface area (Å²) in [6.07, 6.45) is 0.331. The van der Waals surface area contributed by atoms with Crippen molar-refractivity contribution in [1.82, 2.24) is 5.32 Å². The Labute approximate surface area is 108 Å². The molecule has 0 radical (unpaired) electrons. The van der Waals surface area contributed by atoms with Gasteiger partial charge >= 0.3 is 0 Å². The van der Waals surface area contributed by atoms with Crippen LogP contribution in [0.5, 0.6) is 5.75 Å². The maximum Gasteiger partial charge on any atom is 0.224 e. The van der Waals surface area contributed by atoms with Crippen molar-refractivity contribution in [2.45, 2.75) is 27.2 Å². The van der Waals surface area contributed by atoms with Crippen molar-refractivity contribution in [3.63, 3.8) is 0 Å². The summed E-state index contributed by atoms with van der Waals surface area (Å²) in [5.41, 5.74) is 4.19. The molecule has 0 aromatic heterocycles. The molecule has 18 heavy (non-hydrogen) atoms. The third-order valence-electron chi connectivity index (χ3n) is 3.12. The van der Waals surface area contributed by atoms with Gasteiger partial charge in [-0.15, -0.1) is 0 Å². The van der Waals surface area contributed by atoms with Gasteiger partial charge in [-0.1, -0.05) is 6.07 Å². The standard InChI is InChI=1S/C14H21NO3/c1-9-7-12(8-13(17)15-5-6-16)10(2)11(3)14(9)18-4/h7,16H,5-6,8H2,1-4H3,(H,15,17). The van der Waals surface area contributed by atoms with E-state index in [4.69, 9.17) is 9.84 Å². The van der Waals surface area contributed by atoms with Gasteiger partial charge in [0.25, 0.3) is 0 Å². The summed E-state index contributed by atoms with van der Waals surface area (Å²) in [4.78, 5) is 11.6. The minimum atomic E-state index is -0.0730. The van der Waals surface area contributed by atoms with Crippen molar-refractivity contribution in [3.8, 4) is 5.75 Å². The molecular weight excluding hydrogens is 230 g/mol. The lowest BCUT2D eigenvalue weighted by Crippen LogP contribution is -2.28. The molecule has 0 unspecified atom stereocenters. The number of carbonyl (C=O) groups excluding carboxylic acids is 1. The molecular formula is C14H21NO3. The zero-order valence-electron chi connectivity index (χ0n) is 11.5. The quantitative estimate of drug-likeness (QED) is 0.828. The molecule has 2 N–H and O–H groups in total. The van der Waals surface area contributed by atoms with E-state index in [0.717, 1.165) is 28.0 Å². The van der Waals surface area contributed by atoms with Gasteiger partial charge in [0.15, 0.2) is 0 Å². The summed E-state index contributed by atoms with van der Waals surface area (Å²) in [5.74, 6) is 0.808. The monoisotopic (exact) mass is 251 g/mol. The largest absolute Gasteiger partial charge is 0.496 e. The number of methoxy groups -OCH3 is 1. The van der Waals surface area contributed by atoms with Crippen molar-refractivity contribution in [2.75, 3.05) is 20.3 Å². The van der Waals surface area contributed by atoms with Crippen LogP contribution in [0.25, 0.3) is 0 Å². The molecule has 0 heterocycles. The number of nitrogens with one attached hydrogen (secondary N) is 1. The Morgan fingerprint density at radius 3 is 2.56 bits per heavy atom. The first-order valence-electron chi connectivity index (χ1n) is 6.02. The lowest BCUT2D eigenvalue weighted by atomic mass is 9.96. The van der Waals surface area contributed by atoms with Crippen LogP contribution in [0.1, 0.15) is 22.3 Å². The van der Waals surface area contributed by atoms with Crippen LogP contribution in [0.15, 0.2) is 6.07 Å². The lowest BCUT2D eigenvalue weighted by molar-refractivity contribution is -0.120. The van der Waals surface area contributed by atoms with Crippen LogP contribution < -0.4 is 10.1 Å². The van der Waals surface area contributed by atoms with Gasteiger partial charge < -0.3 is 15.2 Å². The fourth-order valence-electron chi connectivity index (χ4n) is 2.07. The maximum absolute atomic E-state index is 11.6. The van der Waals surface area contributed by atoms with E-state index < -0.39 is 0 Å². The minimum Gasteiger partial charge on any atom is -0.496 e. The highest BCUT2D eigenvalue weighted by molar-refractivity contribution is 5.79. The Hall–Kier alpha value is -1.55. The van der Waals surface area contributed by atoms with Gasteiger partial charge in [-0.05, 0) is 43.0 Å². The molecule has 4 heteroatoms. The first-order chi connectivity index (χ1) is 8.51. The first-order valence-corrected chi connectivity index (χ1v) is 6.02. The molecule has 0 spiro atoms. The highest BCUT2D eigenvalue weighted by Crippen LogP contribution is 2.28. The summed E-state index contributed by atoms with van der Waals surface area (Å²) in [6.45, 7) is 6.22. The molecule has 0 fully saturated rings. The normalized spacial score (nSPS) is 10.3. The smallest absolute Gasteiger partial charge is 0.224 e. The van der Waals surface area contributed by atoms with E-state index in [2.05, 4.69) is 5.32 Å². The summed E-state index contributed by atoms with van der Waals surface area (Å²) < 4.78 is 5.35. The highest BCUT2D eigenvalue weighted by Gasteiger charge is 2.12. The van der Waals surface area contributed by atoms with Crippen LogP contribution in [0, 0.1) is 20.8 Å². The molecule has 0 atom stereocenters. The number of amides is 1. The van der Waals surface area contributed by atoms with Gasteiger partial charge in [0.2, 0.25) is 5.91 Å². The number of aliphatic hydroxyl groups excluding tert-OH is 1. The Balaban J connectivity index is 2.94. The molecule has 0 aliphatic carbocycles. The predicted molar refractivity (Wildman–Crippen MR) is 71.0 cm³/mol. The molecule has 1 amide bonds. The topological polar surface area (TPSA) is 58.6 Å². The number of rotatable bonds is 5. The van der Waals surface area contributed by atoms with E-state index in [1.165, 1.54) is 0 Å². The fourth-order valence-corrected chi connectivity index (χ4v) is 2.07. The van der Waals surface area contributed by atoms with Crippen LogP contribution in [0.2, 0.25) is 0 Å². The first kappa shape index (κ1) is 14.5. The molecule has 1 aromatic carbocycles. The van der Waals surface area contributed by atoms with Crippen LogP contribution in [0.4, 0.5) is 0 Å². The Morgan fingerprint density at radius 2 is 2.00 bits per heavy atom. The van der Waals surface area contributed by atoms with Crippen LogP contribution in [-0.4, -0.2) is 31.3 Å². The Bertz CT molecular complexity index is 441. The molecule has 4 nitrogen and oxygen atoms in total. The van der Waals surface area contributed by atoms with Gasteiger partial charge in [0.05, 0.1) is 20.1 Å². The molecule has 0 aliphatic heterocycles. The Kier molecular flexibility index (Phi) is 5.16. The molecule has 0 saturated heterocycles. The third-order valence-corrected chi connectivity index (χ3v) is 3.12. The number of hydrogen-bond acceptors (Lipinski definition) is 3. The SMILES string of the molecule is COc1c(C)cc(CC(=O)NCCO)c(C)c1C. The predicted octanol–water partition coefficient (Wildman–Crippen LogP) is 1.27. The number of benzene rings is 1. The molecule has 0 saturated carbocycles. The third kappa shape index (κ3) is 3.23. The highest BCUT2D eigenvalue weighted by atomic mass is 16.5. The lowest BCUT2D eigenvalue weighted by Gasteiger charge is -2.15. The molecule has 100 valence electrons. The number of hydrogen-bond donors (Lipinski definition) is 2. The van der Waals surface area contributed by atoms with Crippen LogP contribution in [0.3, 0.4) is 0 Å². The van der Waals surface area contributed by atoms with E-state index in [-0.39, 0.29) is 12.5 Å².